The van der Waals surface area contributed by atoms with Crippen LogP contribution in [0.4, 0.5) is 0 Å². The summed E-state index contributed by atoms with van der Waals surface area (Å²) in [6.45, 7) is 5.98. The second-order valence-corrected chi connectivity index (χ2v) is 9.01. The normalized spacial score (nSPS) is 11.6. The third-order valence-electron chi connectivity index (χ3n) is 5.79. The number of esters is 3. The first kappa shape index (κ1) is 29.8. The van der Waals surface area contributed by atoms with Crippen LogP contribution in [-0.2, 0) is 19.0 Å². The largest absolute Gasteiger partial charge is 0.489 e. The molecule has 42 heavy (non-hydrogen) atoms. The first-order chi connectivity index (χ1) is 20.1. The number of rotatable bonds is 11. The number of aryl methyl sites for hydroxylation is 1. The average molecular weight is 581 g/mol. The van der Waals surface area contributed by atoms with Crippen LogP contribution in [-0.4, -0.2) is 50.4 Å². The first-order valence-electron chi connectivity index (χ1n) is 13.0. The molecule has 0 bridgehead atoms. The van der Waals surface area contributed by atoms with Crippen molar-refractivity contribution in [2.24, 2.45) is 0 Å². The lowest BCUT2D eigenvalue weighted by atomic mass is 10.1. The van der Waals surface area contributed by atoms with Crippen LogP contribution >= 0.6 is 0 Å². The fraction of sp³-hybridized carbons (Fsp3) is 0.300. The summed E-state index contributed by atoms with van der Waals surface area (Å²) in [7, 11) is 0. The highest BCUT2D eigenvalue weighted by Gasteiger charge is 2.21. The molecule has 1 unspecified atom stereocenters. The van der Waals surface area contributed by atoms with E-state index in [1.54, 1.807) is 39.0 Å². The highest BCUT2D eigenvalue weighted by atomic mass is 16.6. The molecule has 2 aromatic carbocycles. The molecular weight excluding hydrogens is 552 g/mol. The second kappa shape index (κ2) is 13.0. The van der Waals surface area contributed by atoms with Gasteiger partial charge >= 0.3 is 17.9 Å². The van der Waals surface area contributed by atoms with Gasteiger partial charge in [-0.3, -0.25) is 14.4 Å². The third-order valence-corrected chi connectivity index (χ3v) is 5.79. The van der Waals surface area contributed by atoms with Crippen LogP contribution in [0, 0.1) is 6.92 Å². The monoisotopic (exact) mass is 580 g/mol. The van der Waals surface area contributed by atoms with E-state index in [0.29, 0.717) is 5.56 Å². The first-order valence-corrected chi connectivity index (χ1v) is 13.0. The van der Waals surface area contributed by atoms with Crippen LogP contribution in [0.1, 0.15) is 47.4 Å². The van der Waals surface area contributed by atoms with E-state index in [-0.39, 0.29) is 71.4 Å². The maximum atomic E-state index is 12.9. The Hall–Kier alpha value is -5.13. The number of hydrogen-bond acceptors (Lipinski definition) is 12. The SMILES string of the molecule is CCOC(=O)c1cc(=O)c2c(OCC(COc3cc(C)cc4oc(C(=O)OCC)cc(=O)c34)OC(C)=O)cccc2o1. The summed E-state index contributed by atoms with van der Waals surface area (Å²) < 4.78 is 38.0. The minimum Gasteiger partial charge on any atom is -0.489 e. The van der Waals surface area contributed by atoms with Crippen molar-refractivity contribution in [1.29, 1.82) is 0 Å². The van der Waals surface area contributed by atoms with Gasteiger partial charge in [0.05, 0.1) is 13.2 Å². The van der Waals surface area contributed by atoms with Gasteiger partial charge in [-0.2, -0.15) is 0 Å². The summed E-state index contributed by atoms with van der Waals surface area (Å²) in [5.74, 6) is -2.38. The Morgan fingerprint density at radius 1 is 0.762 bits per heavy atom. The zero-order valence-corrected chi connectivity index (χ0v) is 23.3. The van der Waals surface area contributed by atoms with E-state index in [1.807, 2.05) is 0 Å². The summed E-state index contributed by atoms with van der Waals surface area (Å²) in [5, 5.41) is 0.160. The van der Waals surface area contributed by atoms with Crippen LogP contribution in [0.25, 0.3) is 21.9 Å². The fourth-order valence-electron chi connectivity index (χ4n) is 4.12. The predicted octanol–water partition coefficient (Wildman–Crippen LogP) is 3.95. The molecule has 0 radical (unpaired) electrons. The van der Waals surface area contributed by atoms with Crippen molar-refractivity contribution in [3.8, 4) is 11.5 Å². The van der Waals surface area contributed by atoms with E-state index in [0.717, 1.165) is 12.1 Å². The molecule has 12 heteroatoms. The number of carbonyl (C=O) groups is 3. The Labute approximate surface area is 238 Å². The van der Waals surface area contributed by atoms with Gasteiger partial charge in [0.15, 0.2) is 17.0 Å². The smallest absolute Gasteiger partial charge is 0.374 e. The maximum Gasteiger partial charge on any atom is 0.374 e. The van der Waals surface area contributed by atoms with Crippen molar-refractivity contribution in [2.75, 3.05) is 26.4 Å². The Kier molecular flexibility index (Phi) is 9.25. The molecule has 0 saturated carbocycles. The molecule has 4 aromatic rings. The Bertz CT molecular complexity index is 1760. The van der Waals surface area contributed by atoms with Gasteiger partial charge in [-0.1, -0.05) is 6.07 Å². The quantitative estimate of drug-likeness (QED) is 0.186. The summed E-state index contributed by atoms with van der Waals surface area (Å²) in [6.07, 6.45) is -0.968. The maximum absolute atomic E-state index is 12.9. The van der Waals surface area contributed by atoms with E-state index < -0.39 is 34.9 Å². The average Bonchev–Trinajstić information content (AvgIpc) is 2.93. The summed E-state index contributed by atoms with van der Waals surface area (Å²) >= 11 is 0. The van der Waals surface area contributed by atoms with Gasteiger partial charge in [0.25, 0.3) is 0 Å². The highest BCUT2D eigenvalue weighted by molar-refractivity contribution is 5.91. The lowest BCUT2D eigenvalue weighted by Crippen LogP contribution is -2.30. The van der Waals surface area contributed by atoms with Crippen molar-refractivity contribution < 1.29 is 46.9 Å². The van der Waals surface area contributed by atoms with Crippen molar-refractivity contribution >= 4 is 39.8 Å². The van der Waals surface area contributed by atoms with E-state index in [2.05, 4.69) is 0 Å². The van der Waals surface area contributed by atoms with Gasteiger partial charge in [0.2, 0.25) is 11.5 Å². The van der Waals surface area contributed by atoms with Crippen LogP contribution < -0.4 is 20.3 Å². The van der Waals surface area contributed by atoms with Crippen LogP contribution in [0.15, 0.2) is 60.9 Å². The minimum atomic E-state index is -0.968. The van der Waals surface area contributed by atoms with Gasteiger partial charge in [0.1, 0.15) is 46.7 Å². The van der Waals surface area contributed by atoms with Crippen LogP contribution in [0.2, 0.25) is 0 Å². The van der Waals surface area contributed by atoms with Gasteiger partial charge < -0.3 is 32.5 Å². The van der Waals surface area contributed by atoms with Crippen molar-refractivity contribution in [1.82, 2.24) is 0 Å². The molecule has 0 aliphatic carbocycles. The van der Waals surface area contributed by atoms with Crippen LogP contribution in [0.3, 0.4) is 0 Å². The molecule has 0 saturated heterocycles. The van der Waals surface area contributed by atoms with E-state index in [1.165, 1.54) is 19.1 Å². The summed E-state index contributed by atoms with van der Waals surface area (Å²) in [4.78, 5) is 61.7. The topological polar surface area (TPSA) is 158 Å². The van der Waals surface area contributed by atoms with Gasteiger partial charge in [-0.05, 0) is 50.6 Å². The number of fused-ring (bicyclic) bond motifs is 2. The Morgan fingerprint density at radius 3 is 1.88 bits per heavy atom. The highest BCUT2D eigenvalue weighted by Crippen LogP contribution is 2.27. The number of hydrogen-bond donors (Lipinski definition) is 0. The lowest BCUT2D eigenvalue weighted by Gasteiger charge is -2.19. The Balaban J connectivity index is 1.58. The predicted molar refractivity (Wildman–Crippen MR) is 148 cm³/mol. The lowest BCUT2D eigenvalue weighted by molar-refractivity contribution is -0.149. The Morgan fingerprint density at radius 2 is 1.31 bits per heavy atom. The molecule has 2 aromatic heterocycles. The standard InChI is InChI=1S/C30H28O12/c1-5-36-29(34)25-12-19(32)27-21(8-7-9-22(27)41-25)38-14-18(40-17(4)31)15-39-23-10-16(3)11-24-28(23)20(33)13-26(42-24)30(35)37-6-2/h7-13,18H,5-6,14-15H2,1-4H3. The molecule has 2 heterocycles. The molecule has 220 valence electrons. The van der Waals surface area contributed by atoms with E-state index in [9.17, 15) is 24.0 Å². The summed E-state index contributed by atoms with van der Waals surface area (Å²) in [5.41, 5.74) is -0.171. The van der Waals surface area contributed by atoms with Crippen molar-refractivity contribution in [3.05, 3.63) is 80.0 Å². The minimum absolute atomic E-state index is 0.0766. The second-order valence-electron chi connectivity index (χ2n) is 9.01. The fourth-order valence-corrected chi connectivity index (χ4v) is 4.12. The van der Waals surface area contributed by atoms with Crippen molar-refractivity contribution in [3.63, 3.8) is 0 Å². The van der Waals surface area contributed by atoms with Gasteiger partial charge in [0, 0.05) is 19.1 Å². The third kappa shape index (κ3) is 6.77. The number of ether oxygens (including phenoxy) is 5. The number of benzene rings is 2. The zero-order valence-electron chi connectivity index (χ0n) is 23.3. The molecule has 0 amide bonds. The molecule has 0 spiro atoms. The molecule has 0 N–H and O–H groups in total. The summed E-state index contributed by atoms with van der Waals surface area (Å²) in [6, 6.07) is 9.81. The molecule has 0 fully saturated rings. The molecule has 12 nitrogen and oxygen atoms in total. The van der Waals surface area contributed by atoms with Gasteiger partial charge in [-0.25, -0.2) is 9.59 Å². The van der Waals surface area contributed by atoms with E-state index >= 15 is 0 Å². The number of carbonyl (C=O) groups excluding carboxylic acids is 3. The van der Waals surface area contributed by atoms with Crippen molar-refractivity contribution in [2.45, 2.75) is 33.8 Å². The molecule has 0 aliphatic rings. The molecule has 1 atom stereocenters. The zero-order chi connectivity index (χ0) is 30.4. The molecular formula is C30H28O12. The van der Waals surface area contributed by atoms with Crippen LogP contribution in [0.5, 0.6) is 11.5 Å². The van der Waals surface area contributed by atoms with E-state index in [4.69, 9.17) is 32.5 Å². The molecule has 0 aliphatic heterocycles. The molecule has 4 rings (SSSR count). The van der Waals surface area contributed by atoms with Gasteiger partial charge in [-0.15, -0.1) is 0 Å².